The molecule has 82 valence electrons. The highest BCUT2D eigenvalue weighted by atomic mass is 19.1. The molecule has 0 aliphatic carbocycles. The topological polar surface area (TPSA) is 64.4 Å². The summed E-state index contributed by atoms with van der Waals surface area (Å²) in [6.07, 6.45) is 0. The van der Waals surface area contributed by atoms with Gasteiger partial charge in [0.15, 0.2) is 0 Å². The van der Waals surface area contributed by atoms with E-state index in [-0.39, 0.29) is 11.4 Å². The van der Waals surface area contributed by atoms with Gasteiger partial charge in [-0.25, -0.2) is 4.39 Å². The number of rotatable bonds is 5. The number of halogens is 1. The van der Waals surface area contributed by atoms with Gasteiger partial charge < -0.3 is 10.1 Å². The lowest BCUT2D eigenvalue weighted by Gasteiger charge is -2.05. The first-order chi connectivity index (χ1) is 7.13. The standard InChI is InChI=1S/C9H11FN2O3/c1-11-2-3-15-9-5-7(10)4-8(6-9)12(13)14/h4-6,11H,2-3H2,1H3. The molecule has 0 unspecified atom stereocenters. The van der Waals surface area contributed by atoms with Gasteiger partial charge in [-0.2, -0.15) is 0 Å². The van der Waals surface area contributed by atoms with Gasteiger partial charge in [-0.05, 0) is 7.05 Å². The summed E-state index contributed by atoms with van der Waals surface area (Å²) in [7, 11) is 1.75. The van der Waals surface area contributed by atoms with Crippen LogP contribution in [0, 0.1) is 15.9 Å². The van der Waals surface area contributed by atoms with Crippen LogP contribution < -0.4 is 10.1 Å². The predicted molar refractivity (Wildman–Crippen MR) is 52.5 cm³/mol. The van der Waals surface area contributed by atoms with Crippen LogP contribution in [-0.2, 0) is 0 Å². The third kappa shape index (κ3) is 3.51. The minimum absolute atomic E-state index is 0.164. The van der Waals surface area contributed by atoms with Crippen molar-refractivity contribution >= 4 is 5.69 Å². The van der Waals surface area contributed by atoms with E-state index in [1.165, 1.54) is 6.07 Å². The molecular formula is C9H11FN2O3. The van der Waals surface area contributed by atoms with E-state index in [1.807, 2.05) is 0 Å². The molecule has 0 bridgehead atoms. The van der Waals surface area contributed by atoms with E-state index < -0.39 is 10.7 Å². The molecular weight excluding hydrogens is 203 g/mol. The predicted octanol–water partition coefficient (Wildman–Crippen LogP) is 1.33. The fourth-order valence-electron chi connectivity index (χ4n) is 1.01. The molecule has 0 radical (unpaired) electrons. The van der Waals surface area contributed by atoms with Gasteiger partial charge in [0.05, 0.1) is 17.1 Å². The highest BCUT2D eigenvalue weighted by Crippen LogP contribution is 2.21. The van der Waals surface area contributed by atoms with Crippen molar-refractivity contribution in [3.63, 3.8) is 0 Å². The number of benzene rings is 1. The molecule has 1 aromatic rings. The lowest BCUT2D eigenvalue weighted by Crippen LogP contribution is -2.16. The summed E-state index contributed by atoms with van der Waals surface area (Å²) in [6.45, 7) is 0.918. The minimum atomic E-state index is -0.677. The molecule has 0 heterocycles. The molecule has 0 fully saturated rings. The first-order valence-corrected chi connectivity index (χ1v) is 4.36. The van der Waals surface area contributed by atoms with Gasteiger partial charge in [-0.15, -0.1) is 0 Å². The van der Waals surface area contributed by atoms with E-state index in [9.17, 15) is 14.5 Å². The van der Waals surface area contributed by atoms with Crippen LogP contribution in [0.15, 0.2) is 18.2 Å². The fourth-order valence-corrected chi connectivity index (χ4v) is 1.01. The summed E-state index contributed by atoms with van der Waals surface area (Å²) in [4.78, 5) is 9.75. The maximum Gasteiger partial charge on any atom is 0.276 e. The Hall–Kier alpha value is -1.69. The molecule has 0 spiro atoms. The molecule has 0 aliphatic rings. The molecule has 1 aromatic carbocycles. The van der Waals surface area contributed by atoms with Gasteiger partial charge in [0.2, 0.25) is 0 Å². The maximum absolute atomic E-state index is 12.9. The highest BCUT2D eigenvalue weighted by molar-refractivity contribution is 5.38. The first kappa shape index (κ1) is 11.4. The molecule has 15 heavy (non-hydrogen) atoms. The van der Waals surface area contributed by atoms with Crippen LogP contribution in [0.1, 0.15) is 0 Å². The van der Waals surface area contributed by atoms with Gasteiger partial charge in [-0.1, -0.05) is 0 Å². The van der Waals surface area contributed by atoms with Crippen LogP contribution in [0.4, 0.5) is 10.1 Å². The van der Waals surface area contributed by atoms with Gasteiger partial charge in [-0.3, -0.25) is 10.1 Å². The van der Waals surface area contributed by atoms with E-state index >= 15 is 0 Å². The highest BCUT2D eigenvalue weighted by Gasteiger charge is 2.10. The normalized spacial score (nSPS) is 10.0. The zero-order chi connectivity index (χ0) is 11.3. The van der Waals surface area contributed by atoms with Crippen LogP contribution >= 0.6 is 0 Å². The largest absolute Gasteiger partial charge is 0.492 e. The number of nitrogens with one attached hydrogen (secondary N) is 1. The molecule has 0 saturated carbocycles. The van der Waals surface area contributed by atoms with Crippen LogP contribution in [0.5, 0.6) is 5.75 Å². The molecule has 0 aromatic heterocycles. The number of non-ortho nitro benzene ring substituents is 1. The van der Waals surface area contributed by atoms with Crippen molar-refractivity contribution in [1.82, 2.24) is 5.32 Å². The van der Waals surface area contributed by atoms with E-state index in [4.69, 9.17) is 4.74 Å². The van der Waals surface area contributed by atoms with Crippen molar-refractivity contribution in [1.29, 1.82) is 0 Å². The molecule has 1 rings (SSSR count). The van der Waals surface area contributed by atoms with Crippen LogP contribution in [0.25, 0.3) is 0 Å². The molecule has 0 aliphatic heterocycles. The lowest BCUT2D eigenvalue weighted by atomic mass is 10.3. The summed E-state index contributed by atoms with van der Waals surface area (Å²) in [5.41, 5.74) is -0.311. The molecule has 0 atom stereocenters. The Morgan fingerprint density at radius 1 is 1.53 bits per heavy atom. The smallest absolute Gasteiger partial charge is 0.276 e. The average Bonchev–Trinajstić information content (AvgIpc) is 2.17. The zero-order valence-electron chi connectivity index (χ0n) is 8.20. The number of ether oxygens (including phenoxy) is 1. The van der Waals surface area contributed by atoms with E-state index in [1.54, 1.807) is 7.05 Å². The van der Waals surface area contributed by atoms with Crippen molar-refractivity contribution < 1.29 is 14.1 Å². The molecule has 6 heteroatoms. The number of nitro benzene ring substituents is 1. The summed E-state index contributed by atoms with van der Waals surface area (Å²) < 4.78 is 18.0. The Kier molecular flexibility index (Phi) is 3.99. The Bertz CT molecular complexity index is 357. The van der Waals surface area contributed by atoms with Crippen molar-refractivity contribution in [2.75, 3.05) is 20.2 Å². The number of likely N-dealkylation sites (N-methyl/N-ethyl adjacent to an activating group) is 1. The zero-order valence-corrected chi connectivity index (χ0v) is 8.20. The van der Waals surface area contributed by atoms with Crippen molar-refractivity contribution in [3.8, 4) is 5.75 Å². The third-order valence-electron chi connectivity index (χ3n) is 1.69. The van der Waals surface area contributed by atoms with Crippen molar-refractivity contribution in [3.05, 3.63) is 34.1 Å². The van der Waals surface area contributed by atoms with Crippen LogP contribution in [0.3, 0.4) is 0 Å². The molecule has 0 amide bonds. The van der Waals surface area contributed by atoms with Crippen LogP contribution in [-0.4, -0.2) is 25.1 Å². The number of hydrogen-bond donors (Lipinski definition) is 1. The summed E-state index contributed by atoms with van der Waals surface area (Å²) in [5, 5.41) is 13.2. The van der Waals surface area contributed by atoms with Gasteiger partial charge >= 0.3 is 0 Å². The molecule has 0 saturated heterocycles. The number of nitrogens with zero attached hydrogens (tertiary/aromatic N) is 1. The Morgan fingerprint density at radius 3 is 2.87 bits per heavy atom. The van der Waals surface area contributed by atoms with Crippen molar-refractivity contribution in [2.24, 2.45) is 0 Å². The second-order valence-electron chi connectivity index (χ2n) is 2.85. The first-order valence-electron chi connectivity index (χ1n) is 4.36. The van der Waals surface area contributed by atoms with Crippen molar-refractivity contribution in [2.45, 2.75) is 0 Å². The van der Waals surface area contributed by atoms with Gasteiger partial charge in [0, 0.05) is 12.6 Å². The summed E-state index contributed by atoms with van der Waals surface area (Å²) in [5.74, 6) is -0.513. The fraction of sp³-hybridized carbons (Fsp3) is 0.333. The molecule has 1 N–H and O–H groups in total. The van der Waals surface area contributed by atoms with E-state index in [2.05, 4.69) is 5.32 Å². The quantitative estimate of drug-likeness (QED) is 0.456. The summed E-state index contributed by atoms with van der Waals surface area (Å²) >= 11 is 0. The Morgan fingerprint density at radius 2 is 2.27 bits per heavy atom. The average molecular weight is 214 g/mol. The lowest BCUT2D eigenvalue weighted by molar-refractivity contribution is -0.385. The van der Waals surface area contributed by atoms with Gasteiger partial charge in [0.25, 0.3) is 5.69 Å². The second-order valence-corrected chi connectivity index (χ2v) is 2.85. The van der Waals surface area contributed by atoms with Crippen LogP contribution in [0.2, 0.25) is 0 Å². The maximum atomic E-state index is 12.9. The number of nitro groups is 1. The second kappa shape index (κ2) is 5.26. The van der Waals surface area contributed by atoms with Gasteiger partial charge in [0.1, 0.15) is 18.2 Å². The van der Waals surface area contributed by atoms with E-state index in [0.29, 0.717) is 13.2 Å². The summed E-state index contributed by atoms with van der Waals surface area (Å²) in [6, 6.07) is 3.16. The monoisotopic (exact) mass is 214 g/mol. The Labute approximate surface area is 86.0 Å². The third-order valence-corrected chi connectivity index (χ3v) is 1.69. The Balaban J connectivity index is 2.75. The number of hydrogen-bond acceptors (Lipinski definition) is 4. The van der Waals surface area contributed by atoms with E-state index in [0.717, 1.165) is 12.1 Å². The minimum Gasteiger partial charge on any atom is -0.492 e. The SMILES string of the molecule is CNCCOc1cc(F)cc([N+](=O)[O-])c1. The molecule has 5 nitrogen and oxygen atoms in total.